The maximum absolute atomic E-state index is 12.1. The SMILES string of the molecule is O=C(CN1CCN(C(=O)NCc2cccs2)CC1)c1cccs1. The Kier molecular flexibility index (Phi) is 5.43. The molecule has 0 bridgehead atoms. The average molecular weight is 349 g/mol. The molecule has 2 aromatic rings. The van der Waals surface area contributed by atoms with Crippen LogP contribution in [-0.2, 0) is 6.54 Å². The van der Waals surface area contributed by atoms with Crippen LogP contribution in [0.2, 0.25) is 0 Å². The van der Waals surface area contributed by atoms with Crippen LogP contribution in [0.15, 0.2) is 35.0 Å². The summed E-state index contributed by atoms with van der Waals surface area (Å²) >= 11 is 3.12. The highest BCUT2D eigenvalue weighted by Gasteiger charge is 2.22. The van der Waals surface area contributed by atoms with Gasteiger partial charge in [0.2, 0.25) is 0 Å². The van der Waals surface area contributed by atoms with Gasteiger partial charge in [-0.05, 0) is 22.9 Å². The molecule has 0 saturated carbocycles. The van der Waals surface area contributed by atoms with Crippen molar-refractivity contribution in [1.29, 1.82) is 0 Å². The van der Waals surface area contributed by atoms with E-state index < -0.39 is 0 Å². The topological polar surface area (TPSA) is 52.7 Å². The van der Waals surface area contributed by atoms with Gasteiger partial charge in [-0.3, -0.25) is 9.69 Å². The number of urea groups is 1. The molecule has 0 radical (unpaired) electrons. The quantitative estimate of drug-likeness (QED) is 0.844. The Labute approximate surface area is 143 Å². The maximum atomic E-state index is 12.1. The third kappa shape index (κ3) is 4.40. The molecule has 7 heteroatoms. The number of hydrogen-bond acceptors (Lipinski definition) is 5. The molecule has 3 heterocycles. The number of amides is 2. The number of Topliss-reactive ketones (excluding diaryl/α,β-unsaturated/α-hetero) is 1. The fourth-order valence-corrected chi connectivity index (χ4v) is 3.82. The molecule has 3 rings (SSSR count). The summed E-state index contributed by atoms with van der Waals surface area (Å²) < 4.78 is 0. The van der Waals surface area contributed by atoms with E-state index in [2.05, 4.69) is 10.2 Å². The third-order valence-corrected chi connectivity index (χ3v) is 5.60. The number of nitrogens with zero attached hydrogens (tertiary/aromatic N) is 2. The number of carbonyl (C=O) groups excluding carboxylic acids is 2. The van der Waals surface area contributed by atoms with E-state index in [-0.39, 0.29) is 11.8 Å². The summed E-state index contributed by atoms with van der Waals surface area (Å²) in [6, 6.07) is 7.73. The largest absolute Gasteiger partial charge is 0.333 e. The van der Waals surface area contributed by atoms with Crippen molar-refractivity contribution in [3.63, 3.8) is 0 Å². The van der Waals surface area contributed by atoms with Gasteiger partial charge in [0.25, 0.3) is 0 Å². The molecule has 1 aliphatic heterocycles. The van der Waals surface area contributed by atoms with E-state index in [1.807, 2.05) is 39.9 Å². The van der Waals surface area contributed by atoms with E-state index in [1.165, 1.54) is 11.3 Å². The summed E-state index contributed by atoms with van der Waals surface area (Å²) in [6.45, 7) is 3.81. The first-order chi connectivity index (χ1) is 11.2. The van der Waals surface area contributed by atoms with Gasteiger partial charge in [-0.2, -0.15) is 0 Å². The van der Waals surface area contributed by atoms with Crippen molar-refractivity contribution < 1.29 is 9.59 Å². The second-order valence-electron chi connectivity index (χ2n) is 5.40. The van der Waals surface area contributed by atoms with E-state index in [1.54, 1.807) is 11.3 Å². The number of carbonyl (C=O) groups is 2. The van der Waals surface area contributed by atoms with Crippen LogP contribution < -0.4 is 5.32 Å². The lowest BCUT2D eigenvalue weighted by Gasteiger charge is -2.34. The van der Waals surface area contributed by atoms with Crippen LogP contribution in [0, 0.1) is 0 Å². The first-order valence-corrected chi connectivity index (χ1v) is 9.32. The van der Waals surface area contributed by atoms with Gasteiger partial charge in [0.1, 0.15) is 0 Å². The molecule has 1 fully saturated rings. The fourth-order valence-electron chi connectivity index (χ4n) is 2.52. The van der Waals surface area contributed by atoms with Crippen molar-refractivity contribution in [2.45, 2.75) is 6.54 Å². The van der Waals surface area contributed by atoms with Crippen LogP contribution in [0.4, 0.5) is 4.79 Å². The van der Waals surface area contributed by atoms with Gasteiger partial charge in [0, 0.05) is 31.1 Å². The second-order valence-corrected chi connectivity index (χ2v) is 7.38. The predicted octanol–water partition coefficient (Wildman–Crippen LogP) is 2.52. The van der Waals surface area contributed by atoms with Crippen molar-refractivity contribution in [3.05, 3.63) is 44.8 Å². The van der Waals surface area contributed by atoms with Crippen LogP contribution in [0.3, 0.4) is 0 Å². The lowest BCUT2D eigenvalue weighted by molar-refractivity contribution is 0.0882. The van der Waals surface area contributed by atoms with Crippen molar-refractivity contribution in [2.24, 2.45) is 0 Å². The molecule has 0 aliphatic carbocycles. The highest BCUT2D eigenvalue weighted by atomic mass is 32.1. The molecule has 0 unspecified atom stereocenters. The molecule has 23 heavy (non-hydrogen) atoms. The Morgan fingerprint density at radius 3 is 2.43 bits per heavy atom. The van der Waals surface area contributed by atoms with Gasteiger partial charge in [0.05, 0.1) is 18.0 Å². The summed E-state index contributed by atoms with van der Waals surface area (Å²) in [5, 5.41) is 6.87. The summed E-state index contributed by atoms with van der Waals surface area (Å²) in [7, 11) is 0. The number of thiophene rings is 2. The van der Waals surface area contributed by atoms with E-state index in [9.17, 15) is 9.59 Å². The summed E-state index contributed by atoms with van der Waals surface area (Å²) in [5.41, 5.74) is 0. The molecule has 0 atom stereocenters. The van der Waals surface area contributed by atoms with Crippen LogP contribution in [0.5, 0.6) is 0 Å². The Morgan fingerprint density at radius 1 is 1.04 bits per heavy atom. The zero-order valence-electron chi connectivity index (χ0n) is 12.7. The monoisotopic (exact) mass is 349 g/mol. The first-order valence-electron chi connectivity index (χ1n) is 7.56. The zero-order valence-corrected chi connectivity index (χ0v) is 14.4. The fraction of sp³-hybridized carbons (Fsp3) is 0.375. The van der Waals surface area contributed by atoms with Gasteiger partial charge in [-0.1, -0.05) is 12.1 Å². The highest BCUT2D eigenvalue weighted by Crippen LogP contribution is 2.12. The van der Waals surface area contributed by atoms with Crippen LogP contribution in [0.1, 0.15) is 14.5 Å². The van der Waals surface area contributed by atoms with E-state index >= 15 is 0 Å². The molecule has 1 aliphatic rings. The zero-order chi connectivity index (χ0) is 16.1. The molecule has 1 N–H and O–H groups in total. The first kappa shape index (κ1) is 16.2. The smallest absolute Gasteiger partial charge is 0.317 e. The minimum absolute atomic E-state index is 0.0253. The minimum Gasteiger partial charge on any atom is -0.333 e. The standard InChI is InChI=1S/C16H19N3O2S2/c20-14(15-4-2-10-23-15)12-18-5-7-19(8-6-18)16(21)17-11-13-3-1-9-22-13/h1-4,9-10H,5-8,11-12H2,(H,17,21). The van der Waals surface area contributed by atoms with E-state index in [4.69, 9.17) is 0 Å². The lowest BCUT2D eigenvalue weighted by Crippen LogP contribution is -2.52. The molecule has 0 aromatic carbocycles. The second kappa shape index (κ2) is 7.72. The molecule has 2 aromatic heterocycles. The molecule has 5 nitrogen and oxygen atoms in total. The van der Waals surface area contributed by atoms with Crippen molar-refractivity contribution in [2.75, 3.05) is 32.7 Å². The van der Waals surface area contributed by atoms with E-state index in [0.29, 0.717) is 26.2 Å². The number of rotatable bonds is 5. The van der Waals surface area contributed by atoms with Gasteiger partial charge in [-0.25, -0.2) is 4.79 Å². The maximum Gasteiger partial charge on any atom is 0.317 e. The van der Waals surface area contributed by atoms with Gasteiger partial charge >= 0.3 is 6.03 Å². The molecule has 122 valence electrons. The van der Waals surface area contributed by atoms with Gasteiger partial charge in [0.15, 0.2) is 5.78 Å². The van der Waals surface area contributed by atoms with Crippen molar-refractivity contribution in [1.82, 2.24) is 15.1 Å². The van der Waals surface area contributed by atoms with Crippen LogP contribution in [-0.4, -0.2) is 54.3 Å². The number of nitrogens with one attached hydrogen (secondary N) is 1. The lowest BCUT2D eigenvalue weighted by atomic mass is 10.2. The summed E-state index contributed by atoms with van der Waals surface area (Å²) in [4.78, 5) is 30.1. The third-order valence-electron chi connectivity index (χ3n) is 3.82. The van der Waals surface area contributed by atoms with E-state index in [0.717, 1.165) is 22.8 Å². The minimum atomic E-state index is -0.0253. The van der Waals surface area contributed by atoms with Gasteiger partial charge in [-0.15, -0.1) is 22.7 Å². The average Bonchev–Trinajstić information content (AvgIpc) is 3.26. The normalized spacial score (nSPS) is 15.6. The molecular weight excluding hydrogens is 330 g/mol. The predicted molar refractivity (Wildman–Crippen MR) is 93.2 cm³/mol. The number of ketones is 1. The summed E-state index contributed by atoms with van der Waals surface area (Å²) in [6.07, 6.45) is 0. The Balaban J connectivity index is 1.41. The molecule has 1 saturated heterocycles. The summed E-state index contributed by atoms with van der Waals surface area (Å²) in [5.74, 6) is 0.163. The highest BCUT2D eigenvalue weighted by molar-refractivity contribution is 7.12. The molecule has 0 spiro atoms. The van der Waals surface area contributed by atoms with Crippen molar-refractivity contribution >= 4 is 34.5 Å². The van der Waals surface area contributed by atoms with Crippen LogP contribution >= 0.6 is 22.7 Å². The Bertz CT molecular complexity index is 632. The van der Waals surface area contributed by atoms with Crippen LogP contribution in [0.25, 0.3) is 0 Å². The number of piperazine rings is 1. The number of hydrogen-bond donors (Lipinski definition) is 1. The Morgan fingerprint density at radius 2 is 1.78 bits per heavy atom. The van der Waals surface area contributed by atoms with Gasteiger partial charge < -0.3 is 10.2 Å². The Hall–Kier alpha value is -1.70. The molecular formula is C16H19N3O2S2. The molecule has 2 amide bonds. The van der Waals surface area contributed by atoms with Crippen molar-refractivity contribution in [3.8, 4) is 0 Å².